The van der Waals surface area contributed by atoms with Crippen molar-refractivity contribution in [1.29, 1.82) is 0 Å². The van der Waals surface area contributed by atoms with Crippen LogP contribution in [0, 0.1) is 13.8 Å². The molecule has 8 nitrogen and oxygen atoms in total. The van der Waals surface area contributed by atoms with Crippen LogP contribution in [0.1, 0.15) is 52.9 Å². The van der Waals surface area contributed by atoms with Gasteiger partial charge in [-0.2, -0.15) is 4.72 Å². The van der Waals surface area contributed by atoms with E-state index in [1.807, 2.05) is 0 Å². The lowest BCUT2D eigenvalue weighted by Gasteiger charge is -2.17. The van der Waals surface area contributed by atoms with E-state index in [0.29, 0.717) is 16.8 Å². The zero-order valence-corrected chi connectivity index (χ0v) is 19.8. The number of esters is 1. The molecule has 2 rings (SSSR count). The molecule has 1 aromatic heterocycles. The van der Waals surface area contributed by atoms with E-state index in [-0.39, 0.29) is 26.4 Å². The Morgan fingerprint density at radius 3 is 2.23 bits per heavy atom. The number of hydrogen-bond acceptors (Lipinski definition) is 6. The van der Waals surface area contributed by atoms with Crippen LogP contribution in [0.3, 0.4) is 0 Å². The highest BCUT2D eigenvalue weighted by Crippen LogP contribution is 2.25. The molecule has 0 radical (unpaired) electrons. The maximum absolute atomic E-state index is 12.7. The van der Waals surface area contributed by atoms with Gasteiger partial charge in [0.25, 0.3) is 0 Å². The Hall–Kier alpha value is -2.20. The summed E-state index contributed by atoms with van der Waals surface area (Å²) in [6.07, 6.45) is -1.21. The molecule has 0 bridgehead atoms. The molecule has 1 heterocycles. The minimum Gasteiger partial charge on any atom is -0.453 e. The lowest BCUT2D eigenvalue weighted by Crippen LogP contribution is -2.41. The van der Waals surface area contributed by atoms with Crippen LogP contribution in [-0.2, 0) is 19.6 Å². The minimum atomic E-state index is -4.09. The van der Waals surface area contributed by atoms with E-state index in [9.17, 15) is 22.8 Å². The SMILES string of the molecule is CC(=O)c1c(C)[nH]c(C(=O)C(C)OC(=O)C(C)NS(=O)(=O)c2ccc(Cl)c(Cl)c2)c1C. The van der Waals surface area contributed by atoms with Crippen LogP contribution in [0.25, 0.3) is 0 Å². The Morgan fingerprint density at radius 1 is 1.10 bits per heavy atom. The van der Waals surface area contributed by atoms with E-state index < -0.39 is 33.9 Å². The van der Waals surface area contributed by atoms with Gasteiger partial charge in [0.15, 0.2) is 11.9 Å². The predicted octanol–water partition coefficient (Wildman–Crippen LogP) is 3.62. The fourth-order valence-electron chi connectivity index (χ4n) is 3.05. The highest BCUT2D eigenvalue weighted by Gasteiger charge is 2.29. The summed E-state index contributed by atoms with van der Waals surface area (Å²) in [5.74, 6) is -1.68. The summed E-state index contributed by atoms with van der Waals surface area (Å²) in [5, 5.41) is 0.226. The molecule has 2 atom stereocenters. The highest BCUT2D eigenvalue weighted by molar-refractivity contribution is 7.89. The van der Waals surface area contributed by atoms with Crippen LogP contribution in [0.15, 0.2) is 23.1 Å². The minimum absolute atomic E-state index is 0.0422. The Bertz CT molecular complexity index is 1160. The molecule has 11 heteroatoms. The number of rotatable bonds is 8. The summed E-state index contributed by atoms with van der Waals surface area (Å²) >= 11 is 11.6. The van der Waals surface area contributed by atoms with Crippen molar-refractivity contribution in [3.63, 3.8) is 0 Å². The number of Topliss-reactive ketones (excluding diaryl/α,β-unsaturated/α-hetero) is 2. The summed E-state index contributed by atoms with van der Waals surface area (Å²) < 4.78 is 32.3. The number of aryl methyl sites for hydroxylation is 1. The van der Waals surface area contributed by atoms with Gasteiger partial charge in [0.2, 0.25) is 15.8 Å². The summed E-state index contributed by atoms with van der Waals surface area (Å²) in [7, 11) is -4.09. The number of carbonyl (C=O) groups is 3. The molecule has 0 amide bonds. The Balaban J connectivity index is 2.12. The van der Waals surface area contributed by atoms with E-state index in [0.717, 1.165) is 6.07 Å². The van der Waals surface area contributed by atoms with Crippen LogP contribution in [0.4, 0.5) is 0 Å². The number of aromatic nitrogens is 1. The van der Waals surface area contributed by atoms with Crippen molar-refractivity contribution in [2.45, 2.75) is 51.7 Å². The van der Waals surface area contributed by atoms with Crippen LogP contribution in [-0.4, -0.2) is 43.1 Å². The van der Waals surface area contributed by atoms with Gasteiger partial charge in [-0.15, -0.1) is 0 Å². The maximum atomic E-state index is 12.7. The third-order valence-corrected chi connectivity index (χ3v) is 6.86. The number of aromatic amines is 1. The van der Waals surface area contributed by atoms with Crippen molar-refractivity contribution in [1.82, 2.24) is 9.71 Å². The molecule has 2 N–H and O–H groups in total. The molecule has 0 aliphatic carbocycles. The number of nitrogens with one attached hydrogen (secondary N) is 2. The third kappa shape index (κ3) is 5.54. The number of carbonyl (C=O) groups excluding carboxylic acids is 3. The molecule has 2 aromatic rings. The topological polar surface area (TPSA) is 122 Å². The molecule has 0 saturated carbocycles. The van der Waals surface area contributed by atoms with Gasteiger partial charge < -0.3 is 9.72 Å². The Morgan fingerprint density at radius 2 is 1.71 bits per heavy atom. The quantitative estimate of drug-likeness (QED) is 0.432. The molecule has 0 aliphatic rings. The summed E-state index contributed by atoms with van der Waals surface area (Å²) in [5.41, 5.74) is 1.57. The predicted molar refractivity (Wildman–Crippen MR) is 116 cm³/mol. The van der Waals surface area contributed by atoms with Crippen molar-refractivity contribution < 1.29 is 27.5 Å². The van der Waals surface area contributed by atoms with Gasteiger partial charge >= 0.3 is 5.97 Å². The second kappa shape index (κ2) is 9.52. The van der Waals surface area contributed by atoms with E-state index in [1.54, 1.807) is 13.8 Å². The normalized spacial score (nSPS) is 13.5. The summed E-state index contributed by atoms with van der Waals surface area (Å²) in [6.45, 7) is 7.32. The van der Waals surface area contributed by atoms with E-state index in [2.05, 4.69) is 9.71 Å². The van der Waals surface area contributed by atoms with E-state index >= 15 is 0 Å². The first-order chi connectivity index (χ1) is 14.3. The zero-order valence-electron chi connectivity index (χ0n) is 17.5. The molecule has 0 spiro atoms. The fourth-order valence-corrected chi connectivity index (χ4v) is 4.63. The number of ketones is 2. The standard InChI is InChI=1S/C20H22Cl2N2O6S/c1-9-17(12(4)25)10(2)23-18(9)19(26)13(5)30-20(27)11(3)24-31(28,29)14-6-7-15(21)16(22)8-14/h6-8,11,13,23-24H,1-5H3. The highest BCUT2D eigenvalue weighted by atomic mass is 35.5. The van der Waals surface area contributed by atoms with Crippen LogP contribution < -0.4 is 4.72 Å². The fraction of sp³-hybridized carbons (Fsp3) is 0.350. The number of sulfonamides is 1. The lowest BCUT2D eigenvalue weighted by molar-refractivity contribution is -0.147. The molecule has 0 aliphatic heterocycles. The Kier molecular flexibility index (Phi) is 7.70. The van der Waals surface area contributed by atoms with Crippen molar-refractivity contribution in [2.24, 2.45) is 0 Å². The molecule has 0 fully saturated rings. The first-order valence-electron chi connectivity index (χ1n) is 9.18. The van der Waals surface area contributed by atoms with Gasteiger partial charge in [0.1, 0.15) is 6.04 Å². The molecule has 31 heavy (non-hydrogen) atoms. The number of H-pyrrole nitrogens is 1. The zero-order chi connectivity index (χ0) is 23.7. The third-order valence-electron chi connectivity index (χ3n) is 4.58. The number of halogens is 2. The molecular formula is C20H22Cl2N2O6S. The van der Waals surface area contributed by atoms with Gasteiger partial charge in [-0.1, -0.05) is 23.2 Å². The smallest absolute Gasteiger partial charge is 0.324 e. The Labute approximate surface area is 190 Å². The van der Waals surface area contributed by atoms with Crippen molar-refractivity contribution in [3.05, 3.63) is 50.8 Å². The van der Waals surface area contributed by atoms with Gasteiger partial charge in [-0.05, 0) is 58.4 Å². The first-order valence-corrected chi connectivity index (χ1v) is 11.4. The van der Waals surface area contributed by atoms with Gasteiger partial charge in [0, 0.05) is 11.3 Å². The number of benzene rings is 1. The average molecular weight is 489 g/mol. The molecule has 0 saturated heterocycles. The van der Waals surface area contributed by atoms with Crippen molar-refractivity contribution in [3.8, 4) is 0 Å². The number of hydrogen-bond donors (Lipinski definition) is 2. The van der Waals surface area contributed by atoms with Gasteiger partial charge in [-0.3, -0.25) is 14.4 Å². The average Bonchev–Trinajstić information content (AvgIpc) is 2.96. The number of ether oxygens (including phenoxy) is 1. The second-order valence-electron chi connectivity index (χ2n) is 7.04. The van der Waals surface area contributed by atoms with Gasteiger partial charge in [-0.25, -0.2) is 8.42 Å². The van der Waals surface area contributed by atoms with Crippen molar-refractivity contribution in [2.75, 3.05) is 0 Å². The largest absolute Gasteiger partial charge is 0.453 e. The van der Waals surface area contributed by atoms with Crippen LogP contribution in [0.5, 0.6) is 0 Å². The van der Waals surface area contributed by atoms with Gasteiger partial charge in [0.05, 0.1) is 20.6 Å². The monoisotopic (exact) mass is 488 g/mol. The molecule has 168 valence electrons. The summed E-state index contributed by atoms with van der Waals surface area (Å²) in [6, 6.07) is 2.43. The summed E-state index contributed by atoms with van der Waals surface area (Å²) in [4.78, 5) is 39.5. The lowest BCUT2D eigenvalue weighted by atomic mass is 10.0. The van der Waals surface area contributed by atoms with Crippen LogP contribution in [0.2, 0.25) is 10.0 Å². The molecule has 2 unspecified atom stereocenters. The molecule has 1 aromatic carbocycles. The first kappa shape index (κ1) is 25.1. The maximum Gasteiger partial charge on any atom is 0.324 e. The van der Waals surface area contributed by atoms with E-state index in [4.69, 9.17) is 27.9 Å². The molecular weight excluding hydrogens is 467 g/mol. The second-order valence-corrected chi connectivity index (χ2v) is 9.57. The van der Waals surface area contributed by atoms with Crippen LogP contribution >= 0.6 is 23.2 Å². The van der Waals surface area contributed by atoms with Crippen molar-refractivity contribution >= 4 is 50.8 Å². The van der Waals surface area contributed by atoms with E-state index in [1.165, 1.54) is 32.9 Å².